The SMILES string of the molecule is Cn1c(-c2nc(CCC(F)(F)F)cn2CCOc2ccc(OC3CCN(C(=O)OC(C)(C)C)CC3)cc2)cc2sccc21. The van der Waals surface area contributed by atoms with Crippen molar-refractivity contribution in [1.29, 1.82) is 0 Å². The van der Waals surface area contributed by atoms with Crippen molar-refractivity contribution in [2.45, 2.75) is 70.9 Å². The smallest absolute Gasteiger partial charge is 0.410 e. The van der Waals surface area contributed by atoms with Gasteiger partial charge in [0.1, 0.15) is 29.8 Å². The zero-order valence-electron chi connectivity index (χ0n) is 24.8. The van der Waals surface area contributed by atoms with Crippen molar-refractivity contribution < 1.29 is 32.2 Å². The first-order valence-electron chi connectivity index (χ1n) is 14.4. The molecule has 5 rings (SSSR count). The highest BCUT2D eigenvalue weighted by Gasteiger charge is 2.29. The third-order valence-corrected chi connectivity index (χ3v) is 8.06. The number of halogens is 3. The van der Waals surface area contributed by atoms with Crippen LogP contribution in [0.25, 0.3) is 21.7 Å². The topological polar surface area (TPSA) is 70.8 Å². The number of carbonyl (C=O) groups excluding carboxylic acids is 1. The van der Waals surface area contributed by atoms with E-state index < -0.39 is 18.2 Å². The Kier molecular flexibility index (Phi) is 8.96. The van der Waals surface area contributed by atoms with Gasteiger partial charge in [-0.1, -0.05) is 0 Å². The largest absolute Gasteiger partial charge is 0.492 e. The first-order valence-corrected chi connectivity index (χ1v) is 15.3. The molecule has 12 heteroatoms. The summed E-state index contributed by atoms with van der Waals surface area (Å²) in [5, 5.41) is 2.01. The van der Waals surface area contributed by atoms with Gasteiger partial charge in [0.05, 0.1) is 28.1 Å². The van der Waals surface area contributed by atoms with Gasteiger partial charge < -0.3 is 28.2 Å². The number of benzene rings is 1. The monoisotopic (exact) mass is 618 g/mol. The summed E-state index contributed by atoms with van der Waals surface area (Å²) in [7, 11) is 1.93. The van der Waals surface area contributed by atoms with Crippen LogP contribution < -0.4 is 9.47 Å². The fourth-order valence-corrected chi connectivity index (χ4v) is 5.90. The minimum absolute atomic E-state index is 0.00410. The second-order valence-corrected chi connectivity index (χ2v) is 12.7. The van der Waals surface area contributed by atoms with Gasteiger partial charge in [-0.05, 0) is 69.0 Å². The van der Waals surface area contributed by atoms with E-state index in [1.807, 2.05) is 78.7 Å². The molecule has 0 spiro atoms. The first kappa shape index (κ1) is 30.8. The van der Waals surface area contributed by atoms with Crippen LogP contribution in [0.1, 0.15) is 45.7 Å². The average Bonchev–Trinajstić information content (AvgIpc) is 3.64. The first-order chi connectivity index (χ1) is 20.3. The number of likely N-dealkylation sites (tertiary alicyclic amines) is 1. The Hall–Kier alpha value is -3.67. The zero-order valence-corrected chi connectivity index (χ0v) is 25.6. The van der Waals surface area contributed by atoms with Crippen molar-refractivity contribution in [3.8, 4) is 23.0 Å². The van der Waals surface area contributed by atoms with Crippen LogP contribution in [0.4, 0.5) is 18.0 Å². The predicted octanol–water partition coefficient (Wildman–Crippen LogP) is 7.46. The summed E-state index contributed by atoms with van der Waals surface area (Å²) in [6.45, 7) is 7.45. The minimum atomic E-state index is -4.24. The number of alkyl halides is 3. The van der Waals surface area contributed by atoms with Crippen molar-refractivity contribution in [3.05, 3.63) is 53.7 Å². The number of hydrogen-bond donors (Lipinski definition) is 0. The number of hydrogen-bond acceptors (Lipinski definition) is 6. The van der Waals surface area contributed by atoms with E-state index >= 15 is 0 Å². The van der Waals surface area contributed by atoms with Crippen molar-refractivity contribution in [3.63, 3.8) is 0 Å². The van der Waals surface area contributed by atoms with Crippen molar-refractivity contribution in [1.82, 2.24) is 19.0 Å². The summed E-state index contributed by atoms with van der Waals surface area (Å²) in [5.41, 5.74) is 1.78. The summed E-state index contributed by atoms with van der Waals surface area (Å²) < 4.78 is 61.2. The van der Waals surface area contributed by atoms with Gasteiger partial charge in [-0.25, -0.2) is 9.78 Å². The van der Waals surface area contributed by atoms with E-state index in [0.29, 0.717) is 43.5 Å². The van der Waals surface area contributed by atoms with Crippen LogP contribution in [-0.2, 0) is 24.8 Å². The maximum Gasteiger partial charge on any atom is 0.410 e. The molecule has 0 bridgehead atoms. The fourth-order valence-electron chi connectivity index (χ4n) is 5.05. The minimum Gasteiger partial charge on any atom is -0.492 e. The number of ether oxygens (including phenoxy) is 3. The molecule has 0 aliphatic carbocycles. The highest BCUT2D eigenvalue weighted by atomic mass is 32.1. The summed E-state index contributed by atoms with van der Waals surface area (Å²) in [5.74, 6) is 2.00. The number of carbonyl (C=O) groups is 1. The normalized spacial score (nSPS) is 14.8. The van der Waals surface area contributed by atoms with Crippen LogP contribution in [0.15, 0.2) is 48.0 Å². The van der Waals surface area contributed by atoms with Crippen LogP contribution in [0.5, 0.6) is 11.5 Å². The lowest BCUT2D eigenvalue weighted by Crippen LogP contribution is -2.44. The summed E-state index contributed by atoms with van der Waals surface area (Å²) in [6.07, 6.45) is -2.50. The third-order valence-electron chi connectivity index (χ3n) is 7.21. The standard InChI is InChI=1S/C31H37F3N4O4S/c1-30(2,3)42-29(39)37-14-10-24(11-15-37)41-23-7-5-22(6-8-23)40-17-16-38-20-21(9-13-31(32,33)34)35-28(38)26-19-27-25(36(26)4)12-18-43-27/h5-8,12,18-20,24H,9-11,13-17H2,1-4H3. The number of thiophene rings is 1. The quantitative estimate of drug-likeness (QED) is 0.195. The van der Waals surface area contributed by atoms with Crippen molar-refractivity contribution in [2.24, 2.45) is 7.05 Å². The third kappa shape index (κ3) is 8.04. The molecule has 0 atom stereocenters. The average molecular weight is 619 g/mol. The zero-order chi connectivity index (χ0) is 30.8. The molecule has 1 saturated heterocycles. The number of imidazole rings is 1. The molecule has 1 aliphatic heterocycles. The van der Waals surface area contributed by atoms with Gasteiger partial charge >= 0.3 is 12.3 Å². The second-order valence-electron chi connectivity index (χ2n) is 11.7. The Morgan fingerprint density at radius 3 is 2.42 bits per heavy atom. The summed E-state index contributed by atoms with van der Waals surface area (Å²) in [6, 6.07) is 11.4. The predicted molar refractivity (Wildman–Crippen MR) is 160 cm³/mol. The van der Waals surface area contributed by atoms with Gasteiger partial charge in [0, 0.05) is 45.6 Å². The number of rotatable bonds is 9. The molecule has 4 aromatic rings. The number of amides is 1. The van der Waals surface area contributed by atoms with Crippen LogP contribution in [0.2, 0.25) is 0 Å². The Morgan fingerprint density at radius 1 is 1.07 bits per heavy atom. The molecule has 1 fully saturated rings. The number of aryl methyl sites for hydroxylation is 2. The van der Waals surface area contributed by atoms with E-state index in [1.165, 1.54) is 0 Å². The molecule has 1 aliphatic rings. The molecular weight excluding hydrogens is 581 g/mol. The van der Waals surface area contributed by atoms with Gasteiger partial charge in [-0.3, -0.25) is 0 Å². The number of piperidine rings is 1. The maximum atomic E-state index is 12.9. The van der Waals surface area contributed by atoms with E-state index in [9.17, 15) is 18.0 Å². The van der Waals surface area contributed by atoms with E-state index in [2.05, 4.69) is 4.98 Å². The maximum absolute atomic E-state index is 12.9. The Morgan fingerprint density at radius 2 is 1.77 bits per heavy atom. The molecule has 0 unspecified atom stereocenters. The number of nitrogens with zero attached hydrogens (tertiary/aromatic N) is 4. The Bertz CT molecular complexity index is 1530. The van der Waals surface area contributed by atoms with Crippen molar-refractivity contribution in [2.75, 3.05) is 19.7 Å². The molecule has 43 heavy (non-hydrogen) atoms. The van der Waals surface area contributed by atoms with Crippen LogP contribution >= 0.6 is 11.3 Å². The van der Waals surface area contributed by atoms with E-state index in [4.69, 9.17) is 14.2 Å². The Balaban J connectivity index is 1.16. The second kappa shape index (κ2) is 12.5. The lowest BCUT2D eigenvalue weighted by atomic mass is 10.1. The molecule has 3 aromatic heterocycles. The van der Waals surface area contributed by atoms with Crippen molar-refractivity contribution >= 4 is 27.6 Å². The molecule has 0 saturated carbocycles. The van der Waals surface area contributed by atoms with Gasteiger partial charge in [0.2, 0.25) is 0 Å². The molecule has 232 valence electrons. The number of aromatic nitrogens is 3. The van der Waals surface area contributed by atoms with E-state index in [1.54, 1.807) is 22.4 Å². The summed E-state index contributed by atoms with van der Waals surface area (Å²) in [4.78, 5) is 18.6. The highest BCUT2D eigenvalue weighted by Crippen LogP contribution is 2.31. The van der Waals surface area contributed by atoms with Gasteiger partial charge in [-0.2, -0.15) is 13.2 Å². The van der Waals surface area contributed by atoms with Gasteiger partial charge in [0.15, 0.2) is 5.82 Å². The van der Waals surface area contributed by atoms with Gasteiger partial charge in [0.25, 0.3) is 0 Å². The van der Waals surface area contributed by atoms with E-state index in [0.717, 1.165) is 34.5 Å². The highest BCUT2D eigenvalue weighted by molar-refractivity contribution is 7.17. The Labute approximate surface area is 253 Å². The van der Waals surface area contributed by atoms with Crippen LogP contribution in [0.3, 0.4) is 0 Å². The fraction of sp³-hybridized carbons (Fsp3) is 0.484. The lowest BCUT2D eigenvalue weighted by molar-refractivity contribution is -0.134. The molecule has 1 aromatic carbocycles. The summed E-state index contributed by atoms with van der Waals surface area (Å²) >= 11 is 1.61. The molecule has 0 radical (unpaired) electrons. The molecule has 4 heterocycles. The van der Waals surface area contributed by atoms with E-state index in [-0.39, 0.29) is 18.6 Å². The number of fused-ring (bicyclic) bond motifs is 1. The molecule has 8 nitrogen and oxygen atoms in total. The lowest BCUT2D eigenvalue weighted by Gasteiger charge is -2.33. The molecule has 1 amide bonds. The van der Waals surface area contributed by atoms with Crippen LogP contribution in [0, 0.1) is 0 Å². The van der Waals surface area contributed by atoms with Crippen LogP contribution in [-0.4, -0.2) is 62.7 Å². The molecule has 0 N–H and O–H groups in total. The molecular formula is C31H37F3N4O4S. The van der Waals surface area contributed by atoms with Gasteiger partial charge in [-0.15, -0.1) is 11.3 Å².